The number of carbonyl (C=O) groups excluding carboxylic acids is 2. The number of esters is 1. The molecule has 112 valence electrons. The SMILES string of the molecule is O=Cc1cc([N+](=O)[O-])ccc1OC(=O)c1ccc(Cl)cc1Cl. The fourth-order valence-corrected chi connectivity index (χ4v) is 2.13. The van der Waals surface area contributed by atoms with Crippen LogP contribution in [-0.4, -0.2) is 17.2 Å². The molecule has 0 heterocycles. The number of aldehydes is 1. The summed E-state index contributed by atoms with van der Waals surface area (Å²) in [5.74, 6) is -0.907. The summed E-state index contributed by atoms with van der Waals surface area (Å²) in [5, 5.41) is 11.1. The van der Waals surface area contributed by atoms with E-state index in [4.69, 9.17) is 27.9 Å². The Morgan fingerprint density at radius 1 is 1.18 bits per heavy atom. The number of hydrogen-bond acceptors (Lipinski definition) is 5. The third kappa shape index (κ3) is 3.41. The van der Waals surface area contributed by atoms with Crippen molar-refractivity contribution < 1.29 is 19.2 Å². The van der Waals surface area contributed by atoms with Gasteiger partial charge in [0.1, 0.15) is 5.75 Å². The molecule has 0 N–H and O–H groups in total. The molecule has 2 aromatic rings. The number of halogens is 2. The van der Waals surface area contributed by atoms with E-state index in [-0.39, 0.29) is 27.6 Å². The number of benzene rings is 2. The van der Waals surface area contributed by atoms with Crippen LogP contribution in [0, 0.1) is 10.1 Å². The summed E-state index contributed by atoms with van der Waals surface area (Å²) >= 11 is 11.6. The summed E-state index contributed by atoms with van der Waals surface area (Å²) < 4.78 is 5.06. The largest absolute Gasteiger partial charge is 0.422 e. The zero-order chi connectivity index (χ0) is 16.3. The van der Waals surface area contributed by atoms with Gasteiger partial charge in [0.25, 0.3) is 5.69 Å². The molecule has 2 rings (SSSR count). The van der Waals surface area contributed by atoms with E-state index < -0.39 is 10.9 Å². The molecule has 22 heavy (non-hydrogen) atoms. The first-order valence-corrected chi connectivity index (χ1v) is 6.59. The van der Waals surface area contributed by atoms with Crippen LogP contribution in [0.25, 0.3) is 0 Å². The Balaban J connectivity index is 2.32. The second-order valence-corrected chi connectivity index (χ2v) is 4.95. The van der Waals surface area contributed by atoms with Gasteiger partial charge in [0.05, 0.1) is 21.1 Å². The van der Waals surface area contributed by atoms with Crippen LogP contribution in [0.5, 0.6) is 5.75 Å². The van der Waals surface area contributed by atoms with Crippen LogP contribution in [0.2, 0.25) is 10.0 Å². The molecule has 0 saturated carbocycles. The Bertz CT molecular complexity index is 776. The van der Waals surface area contributed by atoms with Crippen LogP contribution in [0.1, 0.15) is 20.7 Å². The molecular formula is C14H7Cl2NO5. The molecule has 0 amide bonds. The van der Waals surface area contributed by atoms with E-state index in [1.165, 1.54) is 24.3 Å². The molecule has 0 bridgehead atoms. The number of carbonyl (C=O) groups is 2. The minimum absolute atomic E-state index is 0.0567. The Labute approximate surface area is 134 Å². The van der Waals surface area contributed by atoms with Crippen molar-refractivity contribution in [2.75, 3.05) is 0 Å². The van der Waals surface area contributed by atoms with Crippen molar-refractivity contribution >= 4 is 41.1 Å². The van der Waals surface area contributed by atoms with Gasteiger partial charge in [-0.05, 0) is 24.3 Å². The van der Waals surface area contributed by atoms with Gasteiger partial charge in [0, 0.05) is 17.2 Å². The second kappa shape index (κ2) is 6.55. The first kappa shape index (κ1) is 15.9. The van der Waals surface area contributed by atoms with Crippen molar-refractivity contribution in [1.29, 1.82) is 0 Å². The van der Waals surface area contributed by atoms with E-state index in [9.17, 15) is 19.7 Å². The summed E-state index contributed by atoms with van der Waals surface area (Å²) in [6.45, 7) is 0. The van der Waals surface area contributed by atoms with Crippen LogP contribution in [0.3, 0.4) is 0 Å². The number of nitro benzene ring substituents is 1. The number of nitrogens with zero attached hydrogens (tertiary/aromatic N) is 1. The fourth-order valence-electron chi connectivity index (χ4n) is 1.64. The van der Waals surface area contributed by atoms with Gasteiger partial charge in [-0.3, -0.25) is 14.9 Å². The van der Waals surface area contributed by atoms with Crippen molar-refractivity contribution in [3.63, 3.8) is 0 Å². The average Bonchev–Trinajstić information content (AvgIpc) is 2.47. The van der Waals surface area contributed by atoms with Gasteiger partial charge in [-0.2, -0.15) is 0 Å². The summed E-state index contributed by atoms with van der Waals surface area (Å²) in [5.41, 5.74) is -0.347. The fraction of sp³-hybridized carbons (Fsp3) is 0. The summed E-state index contributed by atoms with van der Waals surface area (Å²) in [6.07, 6.45) is 0.360. The predicted octanol–water partition coefficient (Wildman–Crippen LogP) is 3.93. The Morgan fingerprint density at radius 3 is 2.50 bits per heavy atom. The molecule has 0 atom stereocenters. The Morgan fingerprint density at radius 2 is 1.91 bits per heavy atom. The van der Waals surface area contributed by atoms with Gasteiger partial charge in [0.15, 0.2) is 6.29 Å². The van der Waals surface area contributed by atoms with E-state index >= 15 is 0 Å². The number of hydrogen-bond donors (Lipinski definition) is 0. The van der Waals surface area contributed by atoms with Crippen molar-refractivity contribution in [3.8, 4) is 5.75 Å². The van der Waals surface area contributed by atoms with Crippen LogP contribution < -0.4 is 4.74 Å². The zero-order valence-electron chi connectivity index (χ0n) is 10.8. The maximum absolute atomic E-state index is 12.0. The number of ether oxygens (including phenoxy) is 1. The lowest BCUT2D eigenvalue weighted by atomic mass is 10.2. The van der Waals surface area contributed by atoms with E-state index in [1.807, 2.05) is 0 Å². The van der Waals surface area contributed by atoms with Gasteiger partial charge in [-0.25, -0.2) is 4.79 Å². The minimum Gasteiger partial charge on any atom is -0.422 e. The van der Waals surface area contributed by atoms with Gasteiger partial charge >= 0.3 is 5.97 Å². The Kier molecular flexibility index (Phi) is 4.75. The van der Waals surface area contributed by atoms with E-state index in [0.29, 0.717) is 11.3 Å². The number of rotatable bonds is 4. The maximum atomic E-state index is 12.0. The molecule has 0 spiro atoms. The maximum Gasteiger partial charge on any atom is 0.345 e. The molecule has 0 radical (unpaired) electrons. The molecule has 2 aromatic carbocycles. The second-order valence-electron chi connectivity index (χ2n) is 4.11. The first-order chi connectivity index (χ1) is 10.4. The summed E-state index contributed by atoms with van der Waals surface area (Å²) in [4.78, 5) is 33.0. The molecule has 0 fully saturated rings. The molecule has 0 aromatic heterocycles. The van der Waals surface area contributed by atoms with Crippen molar-refractivity contribution in [1.82, 2.24) is 0 Å². The monoisotopic (exact) mass is 339 g/mol. The standard InChI is InChI=1S/C14H7Cl2NO5/c15-9-1-3-11(12(16)6-9)14(19)22-13-4-2-10(17(20)21)5-8(13)7-18/h1-7H. The summed E-state index contributed by atoms with van der Waals surface area (Å²) in [6, 6.07) is 7.51. The third-order valence-corrected chi connectivity index (χ3v) is 3.23. The van der Waals surface area contributed by atoms with E-state index in [1.54, 1.807) is 0 Å². The molecule has 6 nitrogen and oxygen atoms in total. The molecule has 0 saturated heterocycles. The summed E-state index contributed by atoms with van der Waals surface area (Å²) in [7, 11) is 0. The molecule has 0 unspecified atom stereocenters. The third-order valence-electron chi connectivity index (χ3n) is 2.68. The highest BCUT2D eigenvalue weighted by atomic mass is 35.5. The topological polar surface area (TPSA) is 86.5 Å². The minimum atomic E-state index is -0.807. The Hall–Kier alpha value is -2.44. The van der Waals surface area contributed by atoms with Crippen molar-refractivity contribution in [3.05, 3.63) is 67.7 Å². The highest BCUT2D eigenvalue weighted by Gasteiger charge is 2.17. The number of non-ortho nitro benzene ring substituents is 1. The average molecular weight is 340 g/mol. The van der Waals surface area contributed by atoms with Crippen LogP contribution in [0.4, 0.5) is 5.69 Å². The quantitative estimate of drug-likeness (QED) is 0.277. The molecule has 0 aliphatic heterocycles. The van der Waals surface area contributed by atoms with E-state index in [0.717, 1.165) is 12.1 Å². The lowest BCUT2D eigenvalue weighted by Crippen LogP contribution is -2.10. The lowest BCUT2D eigenvalue weighted by Gasteiger charge is -2.08. The molecule has 0 aliphatic carbocycles. The zero-order valence-corrected chi connectivity index (χ0v) is 12.3. The van der Waals surface area contributed by atoms with Gasteiger partial charge < -0.3 is 4.74 Å². The molecule has 8 heteroatoms. The highest BCUT2D eigenvalue weighted by Crippen LogP contribution is 2.26. The number of nitro groups is 1. The molecule has 0 aliphatic rings. The van der Waals surface area contributed by atoms with Gasteiger partial charge in [-0.15, -0.1) is 0 Å². The van der Waals surface area contributed by atoms with Gasteiger partial charge in [-0.1, -0.05) is 23.2 Å². The first-order valence-electron chi connectivity index (χ1n) is 5.83. The van der Waals surface area contributed by atoms with Gasteiger partial charge in [0.2, 0.25) is 0 Å². The smallest absolute Gasteiger partial charge is 0.345 e. The highest BCUT2D eigenvalue weighted by molar-refractivity contribution is 6.36. The predicted molar refractivity (Wildman–Crippen MR) is 79.9 cm³/mol. The normalized spacial score (nSPS) is 10.1. The van der Waals surface area contributed by atoms with Crippen LogP contribution in [-0.2, 0) is 0 Å². The van der Waals surface area contributed by atoms with Crippen molar-refractivity contribution in [2.24, 2.45) is 0 Å². The van der Waals surface area contributed by atoms with E-state index in [2.05, 4.69) is 0 Å². The van der Waals surface area contributed by atoms with Crippen LogP contribution in [0.15, 0.2) is 36.4 Å². The van der Waals surface area contributed by atoms with Crippen molar-refractivity contribution in [2.45, 2.75) is 0 Å². The molecular weight excluding hydrogens is 333 g/mol. The van der Waals surface area contributed by atoms with Crippen LogP contribution >= 0.6 is 23.2 Å². The lowest BCUT2D eigenvalue weighted by molar-refractivity contribution is -0.384.